The van der Waals surface area contributed by atoms with Crippen molar-refractivity contribution in [1.82, 2.24) is 14.9 Å². The highest BCUT2D eigenvalue weighted by atomic mass is 35.5. The molecule has 3 saturated heterocycles. The fraction of sp³-hybridized carbons (Fsp3) is 0.693. The van der Waals surface area contributed by atoms with Gasteiger partial charge in [-0.1, -0.05) is 104 Å². The number of aliphatic carboxylic acids is 1. The Hall–Kier alpha value is -8.35. The molecule has 2 aromatic rings. The summed E-state index contributed by atoms with van der Waals surface area (Å²) in [6.45, 7) is 11.8. The molecule has 0 bridgehead atoms. The van der Waals surface area contributed by atoms with Crippen LogP contribution in [0.4, 0.5) is 14.4 Å². The van der Waals surface area contributed by atoms with Gasteiger partial charge >= 0.3 is 42.2 Å². The third-order valence-corrected chi connectivity index (χ3v) is 27.3. The number of nitrogens with zero attached hydrogens (tertiary/aromatic N) is 6. The summed E-state index contributed by atoms with van der Waals surface area (Å²) >= 11 is 0. The molecule has 3 N–H and O–H groups in total. The molecule has 5 unspecified atom stereocenters. The number of carboxylic acid groups (broad SMARTS) is 1. The first-order chi connectivity index (χ1) is 56.4. The molecular weight excluding hydrogens is 1490 g/mol. The molecule has 634 valence electrons. The number of halogens is 1. The molecule has 12 aliphatic carbocycles. The number of ether oxygens (including phenoxy) is 6. The number of benzene rings is 2. The van der Waals surface area contributed by atoms with E-state index in [0.29, 0.717) is 65.9 Å². The van der Waals surface area contributed by atoms with Crippen LogP contribution in [0.15, 0.2) is 91.1 Å². The Balaban J connectivity index is 0.000000179. The zero-order chi connectivity index (χ0) is 84.3. The van der Waals surface area contributed by atoms with Gasteiger partial charge in [-0.25, -0.2) is 24.2 Å². The van der Waals surface area contributed by atoms with Gasteiger partial charge in [0.2, 0.25) is 11.8 Å². The van der Waals surface area contributed by atoms with E-state index < -0.39 is 54.0 Å². The lowest BCUT2D eigenvalue weighted by Crippen LogP contribution is -2.47. The van der Waals surface area contributed by atoms with Crippen molar-refractivity contribution in [2.75, 3.05) is 27.4 Å². The van der Waals surface area contributed by atoms with E-state index >= 15 is 0 Å². The number of carboxylic acids is 1. The summed E-state index contributed by atoms with van der Waals surface area (Å²) in [5.74, 6) is 7.31. The number of fused-ring (bicyclic) bond motifs is 5. The van der Waals surface area contributed by atoms with E-state index in [4.69, 9.17) is 40.9 Å². The van der Waals surface area contributed by atoms with Crippen molar-refractivity contribution in [1.29, 1.82) is 0 Å². The van der Waals surface area contributed by atoms with Crippen LogP contribution < -0.4 is 5.73 Å². The second kappa shape index (κ2) is 40.7. The molecule has 12 saturated carbocycles. The molecule has 0 radical (unpaired) electrons. The number of amides is 6. The van der Waals surface area contributed by atoms with Crippen molar-refractivity contribution in [2.24, 2.45) is 129 Å². The second-order valence-corrected chi connectivity index (χ2v) is 35.2. The molecule has 0 spiro atoms. The van der Waals surface area contributed by atoms with Gasteiger partial charge in [-0.05, 0) is 278 Å². The van der Waals surface area contributed by atoms with Crippen LogP contribution in [0, 0.1) is 118 Å². The summed E-state index contributed by atoms with van der Waals surface area (Å²) in [4.78, 5) is 140. The van der Waals surface area contributed by atoms with Gasteiger partial charge in [-0.3, -0.25) is 43.2 Å². The van der Waals surface area contributed by atoms with Crippen LogP contribution >= 0.6 is 12.4 Å². The van der Waals surface area contributed by atoms with Gasteiger partial charge < -0.3 is 39.3 Å². The summed E-state index contributed by atoms with van der Waals surface area (Å²) in [5, 5.41) is 13.7. The van der Waals surface area contributed by atoms with E-state index in [1.165, 1.54) is 69.0 Å². The minimum Gasteiger partial charge on any atom is -0.481 e. The number of allylic oxidation sites excluding steroid dienone is 2. The molecule has 26 nitrogen and oxygen atoms in total. The number of imide groups is 3. The predicted octanol–water partition coefficient (Wildman–Crippen LogP) is 15.8. The van der Waals surface area contributed by atoms with Gasteiger partial charge in [-0.2, -0.15) is 0 Å². The molecule has 27 heteroatoms. The normalized spacial score (nSPS) is 33.1. The summed E-state index contributed by atoms with van der Waals surface area (Å²) < 4.78 is 50.1. The number of hydroxylamine groups is 2. The lowest BCUT2D eigenvalue weighted by molar-refractivity contribution is -0.177. The third-order valence-electron chi connectivity index (χ3n) is 27.3. The molecular formula is C88H126ClN7O19. The Labute approximate surface area is 688 Å². The molecule has 0 aromatic heterocycles. The number of hydrogen-bond acceptors (Lipinski definition) is 20. The average molecular weight is 1630 g/mol. The summed E-state index contributed by atoms with van der Waals surface area (Å²) in [5.41, 5.74) is 16.8. The molecule has 6 amide bonds. The fourth-order valence-corrected chi connectivity index (χ4v) is 19.8. The first-order valence-corrected chi connectivity index (χ1v) is 41.9. The van der Waals surface area contributed by atoms with Crippen LogP contribution in [0.1, 0.15) is 205 Å². The number of carbonyl (C=O) groups excluding carboxylic acids is 10. The summed E-state index contributed by atoms with van der Waals surface area (Å²) in [7, 11) is 2.88. The molecule has 26 atom stereocenters. The fourth-order valence-electron chi connectivity index (χ4n) is 19.8. The topological polar surface area (TPSA) is 357 Å². The van der Waals surface area contributed by atoms with Crippen LogP contribution in [0.2, 0.25) is 0 Å². The minimum atomic E-state index is -0.972. The summed E-state index contributed by atoms with van der Waals surface area (Å²) in [6, 6.07) is 18.0. The lowest BCUT2D eigenvalue weighted by atomic mass is 9.86. The molecule has 15 fully saturated rings. The number of unbranched alkanes of at least 4 members (excludes halogenated alkanes) is 2. The zero-order valence-electron chi connectivity index (χ0n) is 70.5. The molecule has 115 heavy (non-hydrogen) atoms. The van der Waals surface area contributed by atoms with Crippen molar-refractivity contribution in [3.8, 4) is 0 Å². The van der Waals surface area contributed by atoms with Gasteiger partial charge in [0.25, 0.3) is 11.8 Å². The van der Waals surface area contributed by atoms with Crippen LogP contribution in [-0.4, -0.2) is 150 Å². The van der Waals surface area contributed by atoms with Gasteiger partial charge in [0, 0.05) is 29.6 Å². The number of esters is 3. The first-order valence-electron chi connectivity index (χ1n) is 43.9. The van der Waals surface area contributed by atoms with Crippen molar-refractivity contribution in [3.63, 3.8) is 0 Å². The van der Waals surface area contributed by atoms with Crippen LogP contribution in [0.5, 0.6) is 0 Å². The van der Waals surface area contributed by atoms with E-state index in [1.54, 1.807) is 0 Å². The van der Waals surface area contributed by atoms with Crippen molar-refractivity contribution in [2.45, 2.75) is 237 Å². The number of cyclic esters (lactones) is 2. The van der Waals surface area contributed by atoms with Crippen molar-refractivity contribution in [3.05, 3.63) is 108 Å². The number of carbonyl (C=O) groups is 11. The van der Waals surface area contributed by atoms with Crippen LogP contribution in [0.3, 0.4) is 0 Å². The Morgan fingerprint density at radius 2 is 0.983 bits per heavy atom. The van der Waals surface area contributed by atoms with E-state index in [-0.39, 0.29) is 124 Å². The van der Waals surface area contributed by atoms with Crippen molar-refractivity contribution >= 4 is 78.3 Å². The van der Waals surface area contributed by atoms with Crippen LogP contribution in [0.25, 0.3) is 10.4 Å². The monoisotopic (exact) mass is 1620 g/mol. The highest BCUT2D eigenvalue weighted by Gasteiger charge is 2.55. The largest absolute Gasteiger partial charge is 0.534 e. The van der Waals surface area contributed by atoms with E-state index in [2.05, 4.69) is 32.8 Å². The van der Waals surface area contributed by atoms with Gasteiger partial charge in [0.05, 0.1) is 44.6 Å². The smallest absolute Gasteiger partial charge is 0.481 e. The highest BCUT2D eigenvalue weighted by Crippen LogP contribution is 2.60. The number of hydrogen-bond donors (Lipinski definition) is 2. The Morgan fingerprint density at radius 3 is 1.40 bits per heavy atom. The maximum absolute atomic E-state index is 13.0. The SMILES string of the molecule is C.C=CCCC[C@@H]1C[C@H]1OC(=O)C[C@H](C(=O)O)C1C[C@@H]2C[C@@H]2C1.C=CCCC[C@@H]1C[C@H]1OC(=O)ON1C(=O)CCC1=O.COC(=O)[C@@H](C)C1C[C@@H]2C[C@@H]2C1.COC(=O)[C@@H](N)C1C[C@@H]2C[C@@H]2C1.C[C@H](C(=O)N1C(=O)OC[C@@H]1Cc1ccccc1)C1C[C@@H]2C[C@@H]2C1.Cl.[2H][2H].[2H][2H].[N-]=[N+]=N[C@H](C(=O)N1C(=O)OC[C@@H]1Cc1ccccc1)C1C[C@@H]2C[C@@H]2C1. The maximum Gasteiger partial charge on any atom is 0.534 e. The quantitative estimate of drug-likeness (QED) is 0.0117. The minimum absolute atomic E-state index is 0. The maximum atomic E-state index is 13.0. The Bertz CT molecular complexity index is 3740. The van der Waals surface area contributed by atoms with E-state index in [1.807, 2.05) is 86.7 Å². The average Bonchev–Trinajstić information content (AvgIpc) is 1.63. The number of nitrogens with two attached hydrogens (primary N) is 1. The van der Waals surface area contributed by atoms with Gasteiger partial charge in [0.1, 0.15) is 37.5 Å². The second-order valence-electron chi connectivity index (χ2n) is 35.2. The van der Waals surface area contributed by atoms with Gasteiger partial charge in [-0.15, -0.1) is 25.6 Å². The Kier molecular flexibility index (Phi) is 30.4. The number of rotatable bonds is 28. The molecule has 2 aromatic carbocycles. The first kappa shape index (κ1) is 86.0. The molecule has 15 aliphatic rings. The standard InChI is InChI=1S/C19H23NO3.C18H20N4O3.C18H26O4.C13H17NO5.C10H16O2.C9H15NO2.CH4.ClH.2H2/c1-12(14-8-15-10-16(15)9-14)18(21)20-17(11-23-19(20)22)7-13-5-3-2-4-6-13;19-21-20-16(14-8-12-7-13(12)9-14)17(23)22-15(10-25-18(22)24)6-11-4-2-1-3-5-11;1-2-3-4-5-11-9-16(11)22-17(19)10-15(18(20)21)14-7-12-6-13(12)8-14;1-2-3-4-5-9-8-10(9)18-13(17)19-14-11(15)6-7-12(14)16;1-6(10(11)12-2)7-3-8-5-9(8)4-7;1-12-9(11)8(10)7-3-5-2-6(5)4-7;;;;/h2-6,12,14-17H,7-11H2,1H3;1-5,12-16H,6-10H2;2,11-16H,1,3-10H2,(H,20,21);2,9-10H,1,3-8H2;6-9H,3-5H2,1-2H3;5-8H,2-4,10H2,1H3;1H4;3*1H/t12-,14?,15-,16+,17-;12-,13+,14?,15-,16-;11-,12-,13+,14?,15+,16-;9-,10-;6-,7?,8-,9+;5-,6+,7?,8-;;;;/m001100..../s1/i;;;;;;;;2*1+1D. The lowest BCUT2D eigenvalue weighted by Gasteiger charge is -2.26. The number of methoxy groups -OCH3 is 2. The third kappa shape index (κ3) is 24.0. The van der Waals surface area contributed by atoms with Gasteiger partial charge in [0.15, 0.2) is 0 Å². The molecule has 3 aliphatic heterocycles. The van der Waals surface area contributed by atoms with E-state index in [9.17, 15) is 57.8 Å². The molecule has 3 heterocycles. The van der Waals surface area contributed by atoms with Crippen molar-refractivity contribution < 1.29 is 97.0 Å². The Morgan fingerprint density at radius 1 is 0.583 bits per heavy atom. The predicted molar refractivity (Wildman–Crippen MR) is 430 cm³/mol. The molecule has 17 rings (SSSR count). The van der Waals surface area contributed by atoms with E-state index in [0.717, 1.165) is 161 Å². The highest BCUT2D eigenvalue weighted by molar-refractivity contribution is 6.01. The van der Waals surface area contributed by atoms with Crippen LogP contribution in [-0.2, 0) is 84.5 Å². The number of azide groups is 1. The zero-order valence-corrected chi connectivity index (χ0v) is 67.3. The summed E-state index contributed by atoms with van der Waals surface area (Å²) in [6.07, 6.45) is 28.4.